The minimum Gasteiger partial charge on any atom is -0.497 e. The highest BCUT2D eigenvalue weighted by molar-refractivity contribution is 6.35. The summed E-state index contributed by atoms with van der Waals surface area (Å²) in [4.78, 5) is 17.1. The first-order valence-corrected chi connectivity index (χ1v) is 8.48. The van der Waals surface area contributed by atoms with Gasteiger partial charge in [-0.15, -0.1) is 0 Å². The highest BCUT2D eigenvalue weighted by atomic mass is 35.5. The summed E-state index contributed by atoms with van der Waals surface area (Å²) in [5, 5.41) is 4.53. The maximum Gasteiger partial charge on any atom is 0.253 e. The molecule has 1 amide bonds. The lowest BCUT2D eigenvalue weighted by Gasteiger charge is -2.18. The molecule has 1 fully saturated rings. The highest BCUT2D eigenvalue weighted by Gasteiger charge is 2.46. The van der Waals surface area contributed by atoms with E-state index in [2.05, 4.69) is 10.3 Å². The third kappa shape index (κ3) is 2.74. The first-order chi connectivity index (χ1) is 12.0. The molecule has 0 radical (unpaired) electrons. The molecular weight excluding hydrogens is 338 g/mol. The lowest BCUT2D eigenvalue weighted by atomic mass is 10.0. The van der Waals surface area contributed by atoms with Gasteiger partial charge in [0.2, 0.25) is 0 Å². The van der Waals surface area contributed by atoms with Gasteiger partial charge >= 0.3 is 0 Å². The van der Waals surface area contributed by atoms with E-state index in [0.717, 1.165) is 35.2 Å². The molecule has 0 spiro atoms. The molecule has 2 aromatic heterocycles. The summed E-state index contributed by atoms with van der Waals surface area (Å²) in [7, 11) is 3.52. The maximum absolute atomic E-state index is 12.8. The van der Waals surface area contributed by atoms with E-state index in [9.17, 15) is 4.79 Å². The average molecular weight is 356 g/mol. The number of amides is 1. The first-order valence-electron chi connectivity index (χ1n) is 8.10. The number of aryl methyl sites for hydroxylation is 1. The molecule has 0 atom stereocenters. The van der Waals surface area contributed by atoms with E-state index in [4.69, 9.17) is 16.3 Å². The van der Waals surface area contributed by atoms with Gasteiger partial charge in [-0.1, -0.05) is 23.7 Å². The Labute approximate surface area is 150 Å². The molecule has 6 heteroatoms. The third-order valence-electron chi connectivity index (χ3n) is 4.75. The van der Waals surface area contributed by atoms with Crippen molar-refractivity contribution in [2.45, 2.75) is 18.4 Å². The van der Waals surface area contributed by atoms with Crippen molar-refractivity contribution in [1.82, 2.24) is 14.9 Å². The number of carbonyl (C=O) groups excluding carboxylic acids is 1. The number of fused-ring (bicyclic) bond motifs is 1. The molecule has 25 heavy (non-hydrogen) atoms. The Morgan fingerprint density at radius 1 is 1.36 bits per heavy atom. The van der Waals surface area contributed by atoms with Gasteiger partial charge in [0.15, 0.2) is 0 Å². The van der Waals surface area contributed by atoms with E-state index in [1.54, 1.807) is 25.6 Å². The first kappa shape index (κ1) is 16.0. The summed E-state index contributed by atoms with van der Waals surface area (Å²) in [5.41, 5.74) is 2.01. The Kier molecular flexibility index (Phi) is 3.69. The van der Waals surface area contributed by atoms with Crippen molar-refractivity contribution in [2.75, 3.05) is 7.11 Å². The summed E-state index contributed by atoms with van der Waals surface area (Å²) in [6, 6.07) is 9.63. The monoisotopic (exact) mass is 355 g/mol. The summed E-state index contributed by atoms with van der Waals surface area (Å²) < 4.78 is 7.14. The number of pyridine rings is 1. The Balaban J connectivity index is 1.62. The summed E-state index contributed by atoms with van der Waals surface area (Å²) in [5.74, 6) is 0.645. The summed E-state index contributed by atoms with van der Waals surface area (Å²) >= 11 is 6.22. The van der Waals surface area contributed by atoms with Crippen molar-refractivity contribution in [3.63, 3.8) is 0 Å². The molecule has 0 saturated heterocycles. The molecule has 1 saturated carbocycles. The predicted octanol–water partition coefficient (Wildman–Crippen LogP) is 3.65. The van der Waals surface area contributed by atoms with Crippen LogP contribution in [0.15, 0.2) is 42.7 Å². The van der Waals surface area contributed by atoms with Crippen molar-refractivity contribution in [3.8, 4) is 5.75 Å². The van der Waals surface area contributed by atoms with Gasteiger partial charge in [-0.2, -0.15) is 0 Å². The molecule has 128 valence electrons. The topological polar surface area (TPSA) is 56.1 Å². The van der Waals surface area contributed by atoms with Crippen LogP contribution in [0.5, 0.6) is 5.75 Å². The van der Waals surface area contributed by atoms with Gasteiger partial charge in [0.05, 0.1) is 23.2 Å². The Hall–Kier alpha value is -2.53. The van der Waals surface area contributed by atoms with Crippen LogP contribution in [0.2, 0.25) is 5.02 Å². The van der Waals surface area contributed by atoms with Crippen molar-refractivity contribution in [1.29, 1.82) is 0 Å². The Bertz CT molecular complexity index is 976. The molecule has 3 aromatic rings. The number of benzene rings is 1. The molecule has 5 nitrogen and oxygen atoms in total. The second kappa shape index (κ2) is 5.77. The SMILES string of the molecule is COc1cccc(C2(NC(=O)c3cnc4c(c3)c(Cl)cn4C)CC2)c1. The van der Waals surface area contributed by atoms with Gasteiger partial charge in [0, 0.05) is 24.8 Å². The highest BCUT2D eigenvalue weighted by Crippen LogP contribution is 2.46. The predicted molar refractivity (Wildman–Crippen MR) is 97.1 cm³/mol. The number of aromatic nitrogens is 2. The van der Waals surface area contributed by atoms with Crippen LogP contribution in [0.25, 0.3) is 11.0 Å². The lowest BCUT2D eigenvalue weighted by molar-refractivity contribution is 0.0930. The van der Waals surface area contributed by atoms with Crippen LogP contribution in [-0.4, -0.2) is 22.6 Å². The van der Waals surface area contributed by atoms with Crippen LogP contribution < -0.4 is 10.1 Å². The van der Waals surface area contributed by atoms with E-state index in [1.165, 1.54) is 0 Å². The maximum atomic E-state index is 12.8. The minimum atomic E-state index is -0.318. The quantitative estimate of drug-likeness (QED) is 0.777. The number of rotatable bonds is 4. The Morgan fingerprint density at radius 3 is 2.88 bits per heavy atom. The second-order valence-corrected chi connectivity index (χ2v) is 6.86. The molecule has 0 unspecified atom stereocenters. The second-order valence-electron chi connectivity index (χ2n) is 6.45. The number of ether oxygens (including phenoxy) is 1. The van der Waals surface area contributed by atoms with Gasteiger partial charge < -0.3 is 14.6 Å². The molecular formula is C19H18ClN3O2. The van der Waals surface area contributed by atoms with E-state index >= 15 is 0 Å². The van der Waals surface area contributed by atoms with Crippen LogP contribution in [0.4, 0.5) is 0 Å². The van der Waals surface area contributed by atoms with Crippen LogP contribution in [0.1, 0.15) is 28.8 Å². The fraction of sp³-hybridized carbons (Fsp3) is 0.263. The van der Waals surface area contributed by atoms with Crippen LogP contribution >= 0.6 is 11.6 Å². The number of methoxy groups -OCH3 is 1. The van der Waals surface area contributed by atoms with Gasteiger partial charge in [-0.3, -0.25) is 4.79 Å². The van der Waals surface area contributed by atoms with Crippen molar-refractivity contribution < 1.29 is 9.53 Å². The fourth-order valence-electron chi connectivity index (χ4n) is 3.16. The van der Waals surface area contributed by atoms with Gasteiger partial charge in [0.1, 0.15) is 11.4 Å². The van der Waals surface area contributed by atoms with Crippen molar-refractivity contribution >= 4 is 28.5 Å². The largest absolute Gasteiger partial charge is 0.497 e. The molecule has 1 N–H and O–H groups in total. The third-order valence-corrected chi connectivity index (χ3v) is 5.05. The van der Waals surface area contributed by atoms with Gasteiger partial charge in [-0.25, -0.2) is 4.98 Å². The van der Waals surface area contributed by atoms with E-state index < -0.39 is 0 Å². The lowest BCUT2D eigenvalue weighted by Crippen LogP contribution is -2.34. The van der Waals surface area contributed by atoms with Gasteiger partial charge in [0.25, 0.3) is 5.91 Å². The number of nitrogens with zero attached hydrogens (tertiary/aromatic N) is 2. The molecule has 0 bridgehead atoms. The normalized spacial score (nSPS) is 15.2. The molecule has 4 rings (SSSR count). The molecule has 1 aromatic carbocycles. The summed E-state index contributed by atoms with van der Waals surface area (Å²) in [6.07, 6.45) is 5.20. The molecule has 2 heterocycles. The van der Waals surface area contributed by atoms with E-state index in [1.807, 2.05) is 35.9 Å². The van der Waals surface area contributed by atoms with Crippen molar-refractivity contribution in [2.24, 2.45) is 7.05 Å². The number of nitrogens with one attached hydrogen (secondary N) is 1. The fourth-order valence-corrected chi connectivity index (χ4v) is 3.45. The zero-order valence-electron chi connectivity index (χ0n) is 14.0. The number of carbonyl (C=O) groups is 1. The van der Waals surface area contributed by atoms with Gasteiger partial charge in [-0.05, 0) is 36.6 Å². The molecule has 1 aliphatic rings. The molecule has 1 aliphatic carbocycles. The van der Waals surface area contributed by atoms with E-state index in [0.29, 0.717) is 10.6 Å². The van der Waals surface area contributed by atoms with Crippen LogP contribution in [0, 0.1) is 0 Å². The smallest absolute Gasteiger partial charge is 0.253 e. The zero-order valence-corrected chi connectivity index (χ0v) is 14.8. The average Bonchev–Trinajstić information content (AvgIpc) is 3.35. The molecule has 0 aliphatic heterocycles. The zero-order chi connectivity index (χ0) is 17.6. The number of halogens is 1. The number of hydrogen-bond donors (Lipinski definition) is 1. The minimum absolute atomic E-state index is 0.144. The van der Waals surface area contributed by atoms with Crippen LogP contribution in [-0.2, 0) is 12.6 Å². The standard InChI is InChI=1S/C19H18ClN3O2/c1-23-11-16(20)15-8-12(10-21-17(15)23)18(24)22-19(6-7-19)13-4-3-5-14(9-13)25-2/h3-5,8-11H,6-7H2,1-2H3,(H,22,24). The van der Waals surface area contributed by atoms with Crippen LogP contribution in [0.3, 0.4) is 0 Å². The van der Waals surface area contributed by atoms with E-state index in [-0.39, 0.29) is 11.4 Å². The summed E-state index contributed by atoms with van der Waals surface area (Å²) in [6.45, 7) is 0. The van der Waals surface area contributed by atoms with Crippen molar-refractivity contribution in [3.05, 3.63) is 58.9 Å². The number of hydrogen-bond acceptors (Lipinski definition) is 3. The Morgan fingerprint density at radius 2 is 2.16 bits per heavy atom.